The Hall–Kier alpha value is -2.62. The summed E-state index contributed by atoms with van der Waals surface area (Å²) in [5.41, 5.74) is 3.04. The van der Waals surface area contributed by atoms with Crippen LogP contribution in [0.15, 0.2) is 52.3 Å². The van der Waals surface area contributed by atoms with Gasteiger partial charge in [-0.2, -0.15) is 5.26 Å². The first-order valence-electron chi connectivity index (χ1n) is 7.31. The highest BCUT2D eigenvalue weighted by Crippen LogP contribution is 2.30. The Kier molecular flexibility index (Phi) is 5.17. The summed E-state index contributed by atoms with van der Waals surface area (Å²) >= 11 is 4.83. The monoisotopic (exact) mass is 412 g/mol. The minimum atomic E-state index is 0.0601. The summed E-state index contributed by atoms with van der Waals surface area (Å²) in [7, 11) is 1.49. The summed E-state index contributed by atoms with van der Waals surface area (Å²) < 4.78 is 6.10. The second-order valence-corrected chi connectivity index (χ2v) is 6.92. The molecule has 0 saturated carbocycles. The van der Waals surface area contributed by atoms with Crippen LogP contribution in [0.3, 0.4) is 0 Å². The van der Waals surface area contributed by atoms with Crippen molar-refractivity contribution in [2.24, 2.45) is 0 Å². The third-order valence-electron chi connectivity index (χ3n) is 3.51. The van der Waals surface area contributed by atoms with Gasteiger partial charge in [-0.05, 0) is 35.9 Å². The first-order chi connectivity index (χ1) is 12.1. The summed E-state index contributed by atoms with van der Waals surface area (Å²) in [6, 6.07) is 15.0. The smallest absolute Gasteiger partial charge is 0.161 e. The number of nitriles is 1. The van der Waals surface area contributed by atoms with Crippen LogP contribution in [0.25, 0.3) is 22.9 Å². The fraction of sp³-hybridized carbons (Fsp3) is 0.0526. The van der Waals surface area contributed by atoms with Gasteiger partial charge in [0.1, 0.15) is 11.1 Å². The summed E-state index contributed by atoms with van der Waals surface area (Å²) in [6.45, 7) is 0. The fourth-order valence-corrected chi connectivity index (χ4v) is 3.30. The van der Waals surface area contributed by atoms with Crippen LogP contribution in [0.1, 0.15) is 10.6 Å². The first kappa shape index (κ1) is 17.2. The molecule has 2 aromatic carbocycles. The van der Waals surface area contributed by atoms with Crippen molar-refractivity contribution >= 4 is 38.9 Å². The molecular weight excluding hydrogens is 400 g/mol. The quantitative estimate of drug-likeness (QED) is 0.586. The molecule has 6 heteroatoms. The number of aromatic hydroxyl groups is 1. The van der Waals surface area contributed by atoms with Crippen molar-refractivity contribution in [2.75, 3.05) is 7.11 Å². The maximum atomic E-state index is 9.67. The molecule has 0 radical (unpaired) electrons. The molecule has 3 rings (SSSR count). The molecule has 25 heavy (non-hydrogen) atoms. The molecule has 0 aliphatic heterocycles. The van der Waals surface area contributed by atoms with Crippen LogP contribution in [0.5, 0.6) is 11.5 Å². The van der Waals surface area contributed by atoms with E-state index in [0.717, 1.165) is 21.3 Å². The lowest BCUT2D eigenvalue weighted by atomic mass is 10.1. The van der Waals surface area contributed by atoms with Gasteiger partial charge in [-0.15, -0.1) is 11.3 Å². The van der Waals surface area contributed by atoms with Gasteiger partial charge < -0.3 is 9.84 Å². The number of halogens is 1. The van der Waals surface area contributed by atoms with E-state index < -0.39 is 0 Å². The number of thiazole rings is 1. The van der Waals surface area contributed by atoms with Gasteiger partial charge in [-0.25, -0.2) is 4.98 Å². The van der Waals surface area contributed by atoms with Gasteiger partial charge in [0.2, 0.25) is 0 Å². The summed E-state index contributed by atoms with van der Waals surface area (Å²) in [4.78, 5) is 4.57. The summed E-state index contributed by atoms with van der Waals surface area (Å²) in [5.74, 6) is 0.422. The number of aromatic nitrogens is 1. The number of methoxy groups -OCH3 is 1. The molecule has 0 atom stereocenters. The second kappa shape index (κ2) is 7.51. The largest absolute Gasteiger partial charge is 0.504 e. The highest BCUT2D eigenvalue weighted by molar-refractivity contribution is 9.10. The normalized spacial score (nSPS) is 11.2. The molecule has 0 bridgehead atoms. The molecule has 3 aromatic rings. The van der Waals surface area contributed by atoms with Crippen molar-refractivity contribution in [1.82, 2.24) is 4.98 Å². The first-order valence-corrected chi connectivity index (χ1v) is 8.98. The van der Waals surface area contributed by atoms with Crippen molar-refractivity contribution in [2.45, 2.75) is 0 Å². The van der Waals surface area contributed by atoms with Crippen LogP contribution in [0, 0.1) is 11.3 Å². The fourth-order valence-electron chi connectivity index (χ4n) is 2.24. The van der Waals surface area contributed by atoms with Gasteiger partial charge in [0.25, 0.3) is 0 Å². The molecule has 1 heterocycles. The minimum Gasteiger partial charge on any atom is -0.504 e. The number of allylic oxidation sites excluding steroid dienone is 1. The summed E-state index contributed by atoms with van der Waals surface area (Å²) in [5, 5.41) is 21.7. The maximum absolute atomic E-state index is 9.67. The van der Waals surface area contributed by atoms with Crippen molar-refractivity contribution in [1.29, 1.82) is 5.26 Å². The van der Waals surface area contributed by atoms with Gasteiger partial charge in [0.05, 0.1) is 18.4 Å². The lowest BCUT2D eigenvalue weighted by Crippen LogP contribution is -1.86. The van der Waals surface area contributed by atoms with E-state index in [-0.39, 0.29) is 5.75 Å². The molecule has 0 aliphatic carbocycles. The second-order valence-electron chi connectivity index (χ2n) is 5.15. The molecule has 0 amide bonds. The van der Waals surface area contributed by atoms with Gasteiger partial charge in [-0.1, -0.05) is 34.1 Å². The molecule has 0 aliphatic rings. The van der Waals surface area contributed by atoms with E-state index in [1.807, 2.05) is 29.6 Å². The standard InChI is InChI=1S/C19H13BrN2O2S/c1-24-18-9-12(2-7-17(18)23)8-14(10-21)19-22-16(11-25-19)13-3-5-15(20)6-4-13/h2-9,11,23H,1H3/b14-8+. The van der Waals surface area contributed by atoms with E-state index in [4.69, 9.17) is 4.74 Å². The van der Waals surface area contributed by atoms with Crippen LogP contribution in [-0.4, -0.2) is 17.2 Å². The number of phenolic OH excluding ortho intramolecular Hbond substituents is 1. The third-order valence-corrected chi connectivity index (χ3v) is 4.91. The van der Waals surface area contributed by atoms with Gasteiger partial charge in [0.15, 0.2) is 11.5 Å². The summed E-state index contributed by atoms with van der Waals surface area (Å²) in [6.07, 6.45) is 1.73. The number of nitrogens with zero attached hydrogens (tertiary/aromatic N) is 2. The number of hydrogen-bond donors (Lipinski definition) is 1. The van der Waals surface area contributed by atoms with Gasteiger partial charge in [0, 0.05) is 15.4 Å². The van der Waals surface area contributed by atoms with Crippen LogP contribution in [0.4, 0.5) is 0 Å². The zero-order valence-corrected chi connectivity index (χ0v) is 15.6. The Morgan fingerprint density at radius 2 is 2.04 bits per heavy atom. The topological polar surface area (TPSA) is 66.1 Å². The zero-order valence-electron chi connectivity index (χ0n) is 13.2. The van der Waals surface area contributed by atoms with Gasteiger partial charge >= 0.3 is 0 Å². The van der Waals surface area contributed by atoms with Crippen molar-refractivity contribution in [3.05, 3.63) is 62.9 Å². The zero-order chi connectivity index (χ0) is 17.8. The van der Waals surface area contributed by atoms with Crippen LogP contribution in [0.2, 0.25) is 0 Å². The number of hydrogen-bond acceptors (Lipinski definition) is 5. The predicted octanol–water partition coefficient (Wildman–Crippen LogP) is 5.35. The number of phenols is 1. The molecule has 4 nitrogen and oxygen atoms in total. The maximum Gasteiger partial charge on any atom is 0.161 e. The average Bonchev–Trinajstić information content (AvgIpc) is 3.11. The number of benzene rings is 2. The van der Waals surface area contributed by atoms with Crippen LogP contribution >= 0.6 is 27.3 Å². The highest BCUT2D eigenvalue weighted by atomic mass is 79.9. The van der Waals surface area contributed by atoms with Crippen LogP contribution in [-0.2, 0) is 0 Å². The molecule has 0 saturated heterocycles. The molecule has 1 aromatic heterocycles. The third kappa shape index (κ3) is 3.90. The Balaban J connectivity index is 1.94. The Bertz CT molecular complexity index is 972. The number of ether oxygens (including phenoxy) is 1. The molecule has 0 unspecified atom stereocenters. The average molecular weight is 413 g/mol. The Labute approximate surface area is 157 Å². The molecular formula is C19H13BrN2O2S. The van der Waals surface area contributed by atoms with E-state index >= 15 is 0 Å². The van der Waals surface area contributed by atoms with Gasteiger partial charge in [-0.3, -0.25) is 0 Å². The highest BCUT2D eigenvalue weighted by Gasteiger charge is 2.10. The van der Waals surface area contributed by atoms with Crippen molar-refractivity contribution in [3.8, 4) is 28.8 Å². The molecule has 124 valence electrons. The molecule has 0 fully saturated rings. The number of rotatable bonds is 4. The van der Waals surface area contributed by atoms with E-state index in [0.29, 0.717) is 16.3 Å². The van der Waals surface area contributed by atoms with E-state index in [1.54, 1.807) is 18.2 Å². The van der Waals surface area contributed by atoms with E-state index in [1.165, 1.54) is 24.5 Å². The SMILES string of the molecule is COc1cc(/C=C(\C#N)c2nc(-c3ccc(Br)cc3)cs2)ccc1O. The predicted molar refractivity (Wildman–Crippen MR) is 103 cm³/mol. The lowest BCUT2D eigenvalue weighted by molar-refractivity contribution is 0.373. The van der Waals surface area contributed by atoms with Crippen LogP contribution < -0.4 is 4.74 Å². The minimum absolute atomic E-state index is 0.0601. The Morgan fingerprint density at radius 3 is 2.72 bits per heavy atom. The van der Waals surface area contributed by atoms with Crippen molar-refractivity contribution in [3.63, 3.8) is 0 Å². The lowest BCUT2D eigenvalue weighted by Gasteiger charge is -2.04. The van der Waals surface area contributed by atoms with E-state index in [9.17, 15) is 10.4 Å². The molecule has 0 spiro atoms. The van der Waals surface area contributed by atoms with Crippen molar-refractivity contribution < 1.29 is 9.84 Å². The van der Waals surface area contributed by atoms with E-state index in [2.05, 4.69) is 27.0 Å². The molecule has 1 N–H and O–H groups in total. The Morgan fingerprint density at radius 1 is 1.28 bits per heavy atom.